The van der Waals surface area contributed by atoms with Crippen LogP contribution < -0.4 is 0 Å². The Hall–Kier alpha value is -0.860. The van der Waals surface area contributed by atoms with Gasteiger partial charge in [-0.1, -0.05) is 29.4 Å². The average molecular weight is 224 g/mol. The molecule has 0 saturated heterocycles. The van der Waals surface area contributed by atoms with Crippen molar-refractivity contribution in [3.05, 3.63) is 47.1 Å². The number of hydrogen-bond acceptors (Lipinski definition) is 1. The van der Waals surface area contributed by atoms with E-state index in [4.69, 9.17) is 11.6 Å². The molecule has 0 fully saturated rings. The molecule has 0 aliphatic heterocycles. The summed E-state index contributed by atoms with van der Waals surface area (Å²) in [6, 6.07) is 9.97. The quantitative estimate of drug-likeness (QED) is 0.810. The molecule has 0 aliphatic carbocycles. The Morgan fingerprint density at radius 2 is 2.14 bits per heavy atom. The van der Waals surface area contributed by atoms with Crippen molar-refractivity contribution >= 4 is 23.4 Å². The lowest BCUT2D eigenvalue weighted by atomic mass is 10.4. The van der Waals surface area contributed by atoms with Crippen molar-refractivity contribution in [1.82, 2.24) is 4.98 Å². The van der Waals surface area contributed by atoms with Gasteiger partial charge in [-0.3, -0.25) is 0 Å². The van der Waals surface area contributed by atoms with E-state index in [-0.39, 0.29) is 0 Å². The Morgan fingerprint density at radius 3 is 2.79 bits per heavy atom. The van der Waals surface area contributed by atoms with Gasteiger partial charge in [-0.2, -0.15) is 0 Å². The summed E-state index contributed by atoms with van der Waals surface area (Å²) in [5.41, 5.74) is 1.24. The van der Waals surface area contributed by atoms with Gasteiger partial charge in [0.15, 0.2) is 0 Å². The largest absolute Gasteiger partial charge is 0.356 e. The predicted molar refractivity (Wildman–Crippen MR) is 61.1 cm³/mol. The highest BCUT2D eigenvalue weighted by Crippen LogP contribution is 2.28. The third-order valence-corrected chi connectivity index (χ3v) is 3.01. The molecule has 0 atom stereocenters. The Kier molecular flexibility index (Phi) is 2.85. The van der Waals surface area contributed by atoms with Gasteiger partial charge in [-0.05, 0) is 36.8 Å². The normalized spacial score (nSPS) is 10.4. The standard InChI is InChI=1S/C11H10ClNS/c1-8-5-11(13-7-8)14-10-4-2-3-9(12)6-10/h2-7,13H,1H3. The van der Waals surface area contributed by atoms with Crippen molar-refractivity contribution in [2.75, 3.05) is 0 Å². The number of rotatable bonds is 2. The van der Waals surface area contributed by atoms with Gasteiger partial charge < -0.3 is 4.98 Å². The Balaban J connectivity index is 2.18. The monoisotopic (exact) mass is 223 g/mol. The fourth-order valence-corrected chi connectivity index (χ4v) is 2.40. The Morgan fingerprint density at radius 1 is 1.29 bits per heavy atom. The summed E-state index contributed by atoms with van der Waals surface area (Å²) >= 11 is 7.58. The molecule has 2 aromatic rings. The third-order valence-electron chi connectivity index (χ3n) is 1.82. The lowest BCUT2D eigenvalue weighted by molar-refractivity contribution is 1.20. The molecule has 1 nitrogen and oxygen atoms in total. The second-order valence-electron chi connectivity index (χ2n) is 3.10. The summed E-state index contributed by atoms with van der Waals surface area (Å²) in [5, 5.41) is 1.92. The number of H-pyrrole nitrogens is 1. The first-order valence-electron chi connectivity index (χ1n) is 4.32. The van der Waals surface area contributed by atoms with E-state index >= 15 is 0 Å². The van der Waals surface area contributed by atoms with Crippen LogP contribution in [0.4, 0.5) is 0 Å². The van der Waals surface area contributed by atoms with Gasteiger partial charge in [0.1, 0.15) is 0 Å². The molecule has 72 valence electrons. The van der Waals surface area contributed by atoms with Gasteiger partial charge in [0.25, 0.3) is 0 Å². The van der Waals surface area contributed by atoms with Crippen molar-refractivity contribution in [2.24, 2.45) is 0 Å². The molecule has 1 aromatic heterocycles. The highest BCUT2D eigenvalue weighted by molar-refractivity contribution is 7.99. The summed E-state index contributed by atoms with van der Waals surface area (Å²) in [5.74, 6) is 0. The first kappa shape index (κ1) is 9.69. The van der Waals surface area contributed by atoms with Gasteiger partial charge in [0.2, 0.25) is 0 Å². The Bertz CT molecular complexity index is 436. The van der Waals surface area contributed by atoms with Gasteiger partial charge in [0.05, 0.1) is 5.03 Å². The van der Waals surface area contributed by atoms with Crippen LogP contribution in [0.1, 0.15) is 5.56 Å². The second-order valence-corrected chi connectivity index (χ2v) is 4.65. The lowest BCUT2D eigenvalue weighted by Crippen LogP contribution is -1.72. The van der Waals surface area contributed by atoms with Crippen LogP contribution in [0, 0.1) is 6.92 Å². The molecule has 0 bridgehead atoms. The first-order valence-corrected chi connectivity index (χ1v) is 5.52. The van der Waals surface area contributed by atoms with Gasteiger partial charge in [-0.25, -0.2) is 0 Å². The minimum atomic E-state index is 0.776. The molecule has 0 aliphatic rings. The molecule has 0 radical (unpaired) electrons. The van der Waals surface area contributed by atoms with E-state index in [2.05, 4.69) is 18.0 Å². The maximum Gasteiger partial charge on any atom is 0.0772 e. The van der Waals surface area contributed by atoms with Gasteiger partial charge in [-0.15, -0.1) is 0 Å². The molecule has 0 unspecified atom stereocenters. The van der Waals surface area contributed by atoms with Crippen LogP contribution in [0.15, 0.2) is 46.5 Å². The zero-order chi connectivity index (χ0) is 9.97. The summed E-state index contributed by atoms with van der Waals surface area (Å²) in [4.78, 5) is 4.35. The van der Waals surface area contributed by atoms with Crippen LogP contribution in [-0.4, -0.2) is 4.98 Å². The average Bonchev–Trinajstić information content (AvgIpc) is 2.51. The van der Waals surface area contributed by atoms with E-state index in [1.807, 2.05) is 30.5 Å². The molecular weight excluding hydrogens is 214 g/mol. The molecule has 3 heteroatoms. The molecule has 14 heavy (non-hydrogen) atoms. The summed E-state index contributed by atoms with van der Waals surface area (Å²) in [6.45, 7) is 2.07. The lowest BCUT2D eigenvalue weighted by Gasteiger charge is -1.98. The second kappa shape index (κ2) is 4.11. The molecule has 0 spiro atoms. The summed E-state index contributed by atoms with van der Waals surface area (Å²) in [7, 11) is 0. The number of hydrogen-bond donors (Lipinski definition) is 1. The van der Waals surface area contributed by atoms with E-state index in [0.717, 1.165) is 14.9 Å². The van der Waals surface area contributed by atoms with E-state index in [0.29, 0.717) is 0 Å². The van der Waals surface area contributed by atoms with Crippen LogP contribution in [0.25, 0.3) is 0 Å². The maximum absolute atomic E-state index is 5.89. The molecule has 1 heterocycles. The van der Waals surface area contributed by atoms with Crippen molar-refractivity contribution in [2.45, 2.75) is 16.8 Å². The number of halogens is 1. The third kappa shape index (κ3) is 2.34. The van der Waals surface area contributed by atoms with Crippen LogP contribution >= 0.6 is 23.4 Å². The fraction of sp³-hybridized carbons (Fsp3) is 0.0909. The fourth-order valence-electron chi connectivity index (χ4n) is 1.19. The minimum Gasteiger partial charge on any atom is -0.356 e. The number of aryl methyl sites for hydroxylation is 1. The van der Waals surface area contributed by atoms with Crippen LogP contribution in [-0.2, 0) is 0 Å². The molecule has 1 aromatic carbocycles. The van der Waals surface area contributed by atoms with Crippen molar-refractivity contribution in [1.29, 1.82) is 0 Å². The summed E-state index contributed by atoms with van der Waals surface area (Å²) in [6.07, 6.45) is 1.99. The zero-order valence-corrected chi connectivity index (χ0v) is 9.32. The minimum absolute atomic E-state index is 0.776. The van der Waals surface area contributed by atoms with E-state index < -0.39 is 0 Å². The van der Waals surface area contributed by atoms with Crippen molar-refractivity contribution in [3.8, 4) is 0 Å². The van der Waals surface area contributed by atoms with E-state index in [1.54, 1.807) is 11.8 Å². The molecule has 0 amide bonds. The van der Waals surface area contributed by atoms with E-state index in [9.17, 15) is 0 Å². The Labute approximate surface area is 92.5 Å². The highest BCUT2D eigenvalue weighted by atomic mass is 35.5. The maximum atomic E-state index is 5.89. The zero-order valence-electron chi connectivity index (χ0n) is 7.75. The van der Waals surface area contributed by atoms with Crippen molar-refractivity contribution < 1.29 is 0 Å². The van der Waals surface area contributed by atoms with Crippen molar-refractivity contribution in [3.63, 3.8) is 0 Å². The molecule has 0 saturated carbocycles. The highest BCUT2D eigenvalue weighted by Gasteiger charge is 1.99. The van der Waals surface area contributed by atoms with Crippen LogP contribution in [0.5, 0.6) is 0 Å². The van der Waals surface area contributed by atoms with Crippen LogP contribution in [0.2, 0.25) is 5.02 Å². The number of aromatic amines is 1. The smallest absolute Gasteiger partial charge is 0.0772 e. The number of nitrogens with one attached hydrogen (secondary N) is 1. The summed E-state index contributed by atoms with van der Waals surface area (Å²) < 4.78 is 0. The number of benzene rings is 1. The van der Waals surface area contributed by atoms with E-state index in [1.165, 1.54) is 5.56 Å². The predicted octanol–water partition coefficient (Wildman–Crippen LogP) is 4.13. The number of aromatic nitrogens is 1. The molecule has 2 rings (SSSR count). The molecular formula is C11H10ClNS. The first-order chi connectivity index (χ1) is 6.74. The topological polar surface area (TPSA) is 15.8 Å². The van der Waals surface area contributed by atoms with Gasteiger partial charge in [0, 0.05) is 16.1 Å². The molecule has 1 N–H and O–H groups in total. The van der Waals surface area contributed by atoms with Crippen LogP contribution in [0.3, 0.4) is 0 Å². The van der Waals surface area contributed by atoms with Gasteiger partial charge >= 0.3 is 0 Å². The SMILES string of the molecule is Cc1c[nH]c(Sc2cccc(Cl)c2)c1.